The summed E-state index contributed by atoms with van der Waals surface area (Å²) >= 11 is 1.87. The summed E-state index contributed by atoms with van der Waals surface area (Å²) < 4.78 is 0. The van der Waals surface area contributed by atoms with E-state index in [9.17, 15) is 4.79 Å². The lowest BCUT2D eigenvalue weighted by Gasteiger charge is -2.38. The molecule has 1 N–H and O–H groups in total. The summed E-state index contributed by atoms with van der Waals surface area (Å²) in [6.45, 7) is 12.9. The summed E-state index contributed by atoms with van der Waals surface area (Å²) in [5.41, 5.74) is 3.23. The summed E-state index contributed by atoms with van der Waals surface area (Å²) in [6, 6.07) is 6.00. The van der Waals surface area contributed by atoms with Crippen molar-refractivity contribution in [1.29, 1.82) is 0 Å². The van der Waals surface area contributed by atoms with Crippen molar-refractivity contribution in [3.05, 3.63) is 29.3 Å². The van der Waals surface area contributed by atoms with E-state index in [2.05, 4.69) is 40.0 Å². The molecule has 1 amide bonds. The van der Waals surface area contributed by atoms with Gasteiger partial charge < -0.3 is 10.2 Å². The number of thioether (sulfide) groups is 1. The number of carbonyl (C=O) groups excluding carboxylic acids is 1. The van der Waals surface area contributed by atoms with Crippen LogP contribution in [0.5, 0.6) is 0 Å². The van der Waals surface area contributed by atoms with Gasteiger partial charge in [-0.2, -0.15) is 0 Å². The Bertz CT molecular complexity index is 667. The molecule has 0 saturated carbocycles. The Balaban J connectivity index is 1.53. The quantitative estimate of drug-likeness (QED) is 0.900. The van der Waals surface area contributed by atoms with Gasteiger partial charge >= 0.3 is 0 Å². The van der Waals surface area contributed by atoms with E-state index in [1.165, 1.54) is 10.7 Å². The van der Waals surface area contributed by atoms with Gasteiger partial charge in [0.15, 0.2) is 5.17 Å². The molecule has 2 aliphatic rings. The average molecular weight is 361 g/mol. The van der Waals surface area contributed by atoms with E-state index in [1.807, 2.05) is 37.7 Å². The molecule has 2 aliphatic heterocycles. The Morgan fingerprint density at radius 1 is 1.28 bits per heavy atom. The van der Waals surface area contributed by atoms with E-state index in [0.717, 1.165) is 44.0 Å². The molecule has 25 heavy (non-hydrogen) atoms. The van der Waals surface area contributed by atoms with Crippen molar-refractivity contribution in [3.8, 4) is 0 Å². The van der Waals surface area contributed by atoms with Gasteiger partial charge in [0.2, 0.25) is 5.91 Å². The highest BCUT2D eigenvalue weighted by atomic mass is 32.2. The van der Waals surface area contributed by atoms with E-state index in [0.29, 0.717) is 5.25 Å². The van der Waals surface area contributed by atoms with Crippen molar-refractivity contribution in [3.63, 3.8) is 0 Å². The average Bonchev–Trinajstić information content (AvgIpc) is 3.03. The van der Waals surface area contributed by atoms with E-state index in [4.69, 9.17) is 0 Å². The lowest BCUT2D eigenvalue weighted by atomic mass is 10.1. The molecular formula is C19H28N4OS. The zero-order chi connectivity index (χ0) is 18.0. The first-order valence-electron chi connectivity index (χ1n) is 9.02. The number of carbonyl (C=O) groups is 1. The normalized spacial score (nSPS) is 22.6. The molecule has 0 aliphatic carbocycles. The zero-order valence-electron chi connectivity index (χ0n) is 15.6. The van der Waals surface area contributed by atoms with Crippen LogP contribution in [0, 0.1) is 13.8 Å². The van der Waals surface area contributed by atoms with Crippen LogP contribution in [-0.4, -0.2) is 64.9 Å². The van der Waals surface area contributed by atoms with Gasteiger partial charge in [-0.1, -0.05) is 36.4 Å². The number of amidine groups is 1. The third-order valence-electron chi connectivity index (χ3n) is 4.94. The molecule has 1 aromatic carbocycles. The highest BCUT2D eigenvalue weighted by molar-refractivity contribution is 8.14. The molecule has 1 saturated heterocycles. The van der Waals surface area contributed by atoms with Gasteiger partial charge in [0.25, 0.3) is 0 Å². The van der Waals surface area contributed by atoms with E-state index in [1.54, 1.807) is 0 Å². The monoisotopic (exact) mass is 360 g/mol. The minimum atomic E-state index is -0.125. The Morgan fingerprint density at radius 3 is 2.60 bits per heavy atom. The van der Waals surface area contributed by atoms with Gasteiger partial charge in [-0.15, -0.1) is 0 Å². The summed E-state index contributed by atoms with van der Waals surface area (Å²) in [6.07, 6.45) is 0. The molecule has 136 valence electrons. The molecule has 0 radical (unpaired) electrons. The predicted molar refractivity (Wildman–Crippen MR) is 107 cm³/mol. The summed E-state index contributed by atoms with van der Waals surface area (Å²) in [5.74, 6) is 0.0709. The van der Waals surface area contributed by atoms with Gasteiger partial charge in [0.05, 0.1) is 12.6 Å². The van der Waals surface area contributed by atoms with Crippen LogP contribution in [0.2, 0.25) is 0 Å². The van der Waals surface area contributed by atoms with Crippen LogP contribution in [-0.2, 0) is 4.79 Å². The van der Waals surface area contributed by atoms with Crippen LogP contribution in [0.4, 0.5) is 5.69 Å². The van der Waals surface area contributed by atoms with Crippen molar-refractivity contribution in [2.75, 3.05) is 38.0 Å². The molecule has 0 unspecified atom stereocenters. The molecule has 2 heterocycles. The molecule has 0 spiro atoms. The summed E-state index contributed by atoms with van der Waals surface area (Å²) in [5, 5.41) is 4.86. The summed E-state index contributed by atoms with van der Waals surface area (Å²) in [4.78, 5) is 21.9. The molecule has 1 fully saturated rings. The molecule has 5 nitrogen and oxygen atoms in total. The van der Waals surface area contributed by atoms with Crippen LogP contribution in [0.15, 0.2) is 23.2 Å². The number of benzene rings is 1. The third-order valence-corrected chi connectivity index (χ3v) is 6.09. The van der Waals surface area contributed by atoms with Gasteiger partial charge in [0.1, 0.15) is 0 Å². The van der Waals surface area contributed by atoms with Crippen molar-refractivity contribution >= 4 is 28.5 Å². The number of piperazine rings is 1. The fraction of sp³-hybridized carbons (Fsp3) is 0.579. The van der Waals surface area contributed by atoms with Crippen LogP contribution >= 0.6 is 11.8 Å². The molecular weight excluding hydrogens is 332 g/mol. The maximum Gasteiger partial charge on any atom is 0.241 e. The minimum absolute atomic E-state index is 0.0709. The van der Waals surface area contributed by atoms with Crippen LogP contribution in [0.1, 0.15) is 25.0 Å². The topological polar surface area (TPSA) is 47.9 Å². The van der Waals surface area contributed by atoms with Crippen LogP contribution < -0.4 is 5.32 Å². The Hall–Kier alpha value is -1.53. The van der Waals surface area contributed by atoms with Crippen LogP contribution in [0.3, 0.4) is 0 Å². The van der Waals surface area contributed by atoms with Crippen molar-refractivity contribution in [2.45, 2.75) is 39.0 Å². The molecule has 3 rings (SSSR count). The van der Waals surface area contributed by atoms with Crippen molar-refractivity contribution < 1.29 is 4.79 Å². The number of nitrogens with zero attached hydrogens (tertiary/aromatic N) is 3. The predicted octanol–water partition coefficient (Wildman–Crippen LogP) is 2.74. The number of amides is 1. The van der Waals surface area contributed by atoms with Crippen LogP contribution in [0.25, 0.3) is 0 Å². The number of aliphatic imine (C=N–C) groups is 1. The molecule has 0 aromatic heterocycles. The number of rotatable bonds is 3. The second-order valence-electron chi connectivity index (χ2n) is 7.06. The van der Waals surface area contributed by atoms with E-state index < -0.39 is 0 Å². The zero-order valence-corrected chi connectivity index (χ0v) is 16.4. The lowest BCUT2D eigenvalue weighted by molar-refractivity contribution is -0.121. The van der Waals surface area contributed by atoms with Crippen molar-refractivity contribution in [1.82, 2.24) is 9.80 Å². The first-order chi connectivity index (χ1) is 11.9. The second-order valence-corrected chi connectivity index (χ2v) is 8.46. The number of aryl methyl sites for hydroxylation is 2. The molecule has 1 aromatic rings. The molecule has 2 atom stereocenters. The SMILES string of the molecule is Cc1ccc(NC(=O)[C@H](C)N2CCN(C3=NC[C@H](C)S3)CC2)c(C)c1. The van der Waals surface area contributed by atoms with Gasteiger partial charge in [0, 0.05) is 37.1 Å². The Labute approximate surface area is 154 Å². The fourth-order valence-corrected chi connectivity index (χ4v) is 4.28. The molecule has 0 bridgehead atoms. The molecule has 6 heteroatoms. The standard InChI is InChI=1S/C19H28N4OS/c1-13-5-6-17(14(2)11-13)21-18(24)16(4)22-7-9-23(10-8-22)19-20-12-15(3)25-19/h5-6,11,15-16H,7-10,12H2,1-4H3,(H,21,24)/t15-,16-/m0/s1. The third kappa shape index (κ3) is 4.36. The number of anilines is 1. The van der Waals surface area contributed by atoms with Gasteiger partial charge in [-0.3, -0.25) is 14.7 Å². The maximum atomic E-state index is 12.6. The number of hydrogen-bond donors (Lipinski definition) is 1. The van der Waals surface area contributed by atoms with Gasteiger partial charge in [-0.25, -0.2) is 0 Å². The second kappa shape index (κ2) is 7.79. The first-order valence-corrected chi connectivity index (χ1v) is 9.90. The van der Waals surface area contributed by atoms with Crippen molar-refractivity contribution in [2.24, 2.45) is 4.99 Å². The Kier molecular flexibility index (Phi) is 5.69. The number of nitrogens with one attached hydrogen (secondary N) is 1. The van der Waals surface area contributed by atoms with E-state index >= 15 is 0 Å². The van der Waals surface area contributed by atoms with Gasteiger partial charge in [-0.05, 0) is 32.4 Å². The lowest BCUT2D eigenvalue weighted by Crippen LogP contribution is -2.53. The first kappa shape index (κ1) is 18.3. The summed E-state index contributed by atoms with van der Waals surface area (Å²) in [7, 11) is 0. The highest BCUT2D eigenvalue weighted by Crippen LogP contribution is 2.24. The Morgan fingerprint density at radius 2 is 2.00 bits per heavy atom. The largest absolute Gasteiger partial charge is 0.349 e. The van der Waals surface area contributed by atoms with E-state index in [-0.39, 0.29) is 11.9 Å². The minimum Gasteiger partial charge on any atom is -0.349 e. The number of hydrogen-bond acceptors (Lipinski definition) is 5. The fourth-order valence-electron chi connectivity index (χ4n) is 3.29. The maximum absolute atomic E-state index is 12.6. The smallest absolute Gasteiger partial charge is 0.241 e. The highest BCUT2D eigenvalue weighted by Gasteiger charge is 2.29.